The molecule has 0 spiro atoms. The lowest BCUT2D eigenvalue weighted by Crippen LogP contribution is -2.41. The Morgan fingerprint density at radius 2 is 2.24 bits per heavy atom. The summed E-state index contributed by atoms with van der Waals surface area (Å²) in [5, 5.41) is 21.9. The maximum Gasteiger partial charge on any atom is 0.326 e. The fraction of sp³-hybridized carbons (Fsp3) is 0.308. The molecule has 2 rings (SSSR count). The number of fused-ring (bicyclic) bond motifs is 1. The molecule has 1 N–H and O–H groups in total. The van der Waals surface area contributed by atoms with Crippen molar-refractivity contribution in [3.63, 3.8) is 0 Å². The molecule has 8 heteroatoms. The molecule has 8 nitrogen and oxygen atoms in total. The Balaban J connectivity index is 2.40. The average molecular weight is 287 g/mol. The summed E-state index contributed by atoms with van der Waals surface area (Å²) in [6, 6.07) is 1.01. The quantitative estimate of drug-likeness (QED) is 0.878. The number of aromatic nitrogens is 3. The van der Waals surface area contributed by atoms with Gasteiger partial charge < -0.3 is 10.0 Å². The highest BCUT2D eigenvalue weighted by Crippen LogP contribution is 2.14. The molecule has 1 unspecified atom stereocenters. The van der Waals surface area contributed by atoms with Gasteiger partial charge in [0.15, 0.2) is 5.65 Å². The Kier molecular flexibility index (Phi) is 3.84. The first-order valence-electron chi connectivity index (χ1n) is 6.23. The Labute approximate surface area is 120 Å². The highest BCUT2D eigenvalue weighted by atomic mass is 16.4. The Hall–Kier alpha value is -2.95. The number of amides is 1. The topological polar surface area (TPSA) is 112 Å². The molecule has 0 aliphatic rings. The van der Waals surface area contributed by atoms with Gasteiger partial charge in [-0.15, -0.1) is 0 Å². The lowest BCUT2D eigenvalue weighted by molar-refractivity contribution is -0.142. The molecule has 1 atom stereocenters. The van der Waals surface area contributed by atoms with E-state index >= 15 is 0 Å². The predicted molar refractivity (Wildman–Crippen MR) is 71.5 cm³/mol. The van der Waals surface area contributed by atoms with Gasteiger partial charge in [0.1, 0.15) is 17.7 Å². The minimum absolute atomic E-state index is 0.196. The van der Waals surface area contributed by atoms with Crippen LogP contribution >= 0.6 is 0 Å². The van der Waals surface area contributed by atoms with Crippen molar-refractivity contribution >= 4 is 17.5 Å². The Morgan fingerprint density at radius 3 is 2.81 bits per heavy atom. The van der Waals surface area contributed by atoms with E-state index in [4.69, 9.17) is 10.4 Å². The molecule has 21 heavy (non-hydrogen) atoms. The fourth-order valence-electron chi connectivity index (χ4n) is 2.03. The fourth-order valence-corrected chi connectivity index (χ4v) is 2.03. The second-order valence-corrected chi connectivity index (χ2v) is 4.46. The molecule has 2 aromatic heterocycles. The number of rotatable bonds is 4. The van der Waals surface area contributed by atoms with Crippen molar-refractivity contribution in [2.45, 2.75) is 19.4 Å². The first-order chi connectivity index (χ1) is 9.99. The standard InChI is InChI=1S/C13H13N5O3/c1-3-10(13(20)21)17(2)12(19)9-6-16-18-7-8(4-14)5-15-11(9)18/h5-7,10H,3H2,1-2H3,(H,20,21). The third-order valence-electron chi connectivity index (χ3n) is 3.18. The lowest BCUT2D eigenvalue weighted by atomic mass is 10.2. The van der Waals surface area contributed by atoms with Crippen LogP contribution in [0.3, 0.4) is 0 Å². The molecule has 0 saturated carbocycles. The van der Waals surface area contributed by atoms with E-state index in [-0.39, 0.29) is 11.2 Å². The van der Waals surface area contributed by atoms with Crippen molar-refractivity contribution in [2.24, 2.45) is 0 Å². The van der Waals surface area contributed by atoms with Gasteiger partial charge in [-0.25, -0.2) is 14.3 Å². The minimum Gasteiger partial charge on any atom is -0.480 e. The monoisotopic (exact) mass is 287 g/mol. The van der Waals surface area contributed by atoms with Crippen LogP contribution in [0.5, 0.6) is 0 Å². The van der Waals surface area contributed by atoms with Gasteiger partial charge in [0.2, 0.25) is 0 Å². The number of carbonyl (C=O) groups excluding carboxylic acids is 1. The van der Waals surface area contributed by atoms with E-state index in [1.807, 2.05) is 6.07 Å². The van der Waals surface area contributed by atoms with E-state index in [0.29, 0.717) is 12.0 Å². The molecule has 0 aromatic carbocycles. The van der Waals surface area contributed by atoms with Crippen LogP contribution in [0.2, 0.25) is 0 Å². The Morgan fingerprint density at radius 1 is 1.52 bits per heavy atom. The van der Waals surface area contributed by atoms with Gasteiger partial charge in [-0.1, -0.05) is 6.92 Å². The van der Waals surface area contributed by atoms with Gasteiger partial charge in [-0.3, -0.25) is 4.79 Å². The molecule has 0 radical (unpaired) electrons. The lowest BCUT2D eigenvalue weighted by Gasteiger charge is -2.23. The van der Waals surface area contributed by atoms with Crippen LogP contribution < -0.4 is 0 Å². The van der Waals surface area contributed by atoms with Crippen molar-refractivity contribution < 1.29 is 14.7 Å². The molecule has 2 heterocycles. The predicted octanol–water partition coefficient (Wildman–Crippen LogP) is 0.536. The molecule has 0 fully saturated rings. The molecular formula is C13H13N5O3. The van der Waals surface area contributed by atoms with Gasteiger partial charge >= 0.3 is 5.97 Å². The number of hydrogen-bond donors (Lipinski definition) is 1. The molecular weight excluding hydrogens is 274 g/mol. The second-order valence-electron chi connectivity index (χ2n) is 4.46. The molecule has 0 aliphatic heterocycles. The first-order valence-corrected chi connectivity index (χ1v) is 6.23. The number of likely N-dealkylation sites (N-methyl/N-ethyl adjacent to an activating group) is 1. The molecule has 0 saturated heterocycles. The smallest absolute Gasteiger partial charge is 0.326 e. The highest BCUT2D eigenvalue weighted by molar-refractivity contribution is 6.01. The van der Waals surface area contributed by atoms with Crippen LogP contribution in [0, 0.1) is 11.3 Å². The maximum atomic E-state index is 12.4. The summed E-state index contributed by atoms with van der Waals surface area (Å²) in [5.74, 6) is -1.54. The van der Waals surface area contributed by atoms with Crippen molar-refractivity contribution in [3.8, 4) is 6.07 Å². The van der Waals surface area contributed by atoms with Crippen molar-refractivity contribution in [3.05, 3.63) is 29.7 Å². The number of aliphatic carboxylic acids is 1. The number of carboxylic acid groups (broad SMARTS) is 1. The van der Waals surface area contributed by atoms with E-state index < -0.39 is 17.9 Å². The van der Waals surface area contributed by atoms with E-state index in [9.17, 15) is 9.59 Å². The van der Waals surface area contributed by atoms with Gasteiger partial charge in [-0.05, 0) is 6.42 Å². The van der Waals surface area contributed by atoms with Crippen molar-refractivity contribution in [1.82, 2.24) is 19.5 Å². The third kappa shape index (κ3) is 2.53. The summed E-state index contributed by atoms with van der Waals surface area (Å²) in [7, 11) is 1.43. The van der Waals surface area contributed by atoms with Crippen LogP contribution in [0.4, 0.5) is 0 Å². The molecule has 0 bridgehead atoms. The summed E-state index contributed by atoms with van der Waals surface area (Å²) in [6.07, 6.45) is 4.40. The SMILES string of the molecule is CCC(C(=O)O)N(C)C(=O)c1cnn2cc(C#N)cnc12. The van der Waals surface area contributed by atoms with Crippen molar-refractivity contribution in [2.75, 3.05) is 7.05 Å². The molecule has 0 aliphatic carbocycles. The molecule has 108 valence electrons. The summed E-state index contributed by atoms with van der Waals surface area (Å²) in [4.78, 5) is 28.7. The maximum absolute atomic E-state index is 12.4. The first kappa shape index (κ1) is 14.5. The Bertz CT molecular complexity index is 746. The number of nitriles is 1. The number of carboxylic acids is 1. The largest absolute Gasteiger partial charge is 0.480 e. The zero-order chi connectivity index (χ0) is 15.6. The minimum atomic E-state index is -1.07. The molecule has 1 amide bonds. The number of hydrogen-bond acceptors (Lipinski definition) is 5. The number of nitrogens with zero attached hydrogens (tertiary/aromatic N) is 5. The van der Waals surface area contributed by atoms with Gasteiger partial charge in [0.05, 0.1) is 18.0 Å². The van der Waals surface area contributed by atoms with Gasteiger partial charge in [0.25, 0.3) is 5.91 Å². The zero-order valence-electron chi connectivity index (χ0n) is 11.5. The summed E-state index contributed by atoms with van der Waals surface area (Å²) >= 11 is 0. The van der Waals surface area contributed by atoms with Crippen LogP contribution in [0.1, 0.15) is 29.3 Å². The zero-order valence-corrected chi connectivity index (χ0v) is 11.5. The van der Waals surface area contributed by atoms with E-state index in [0.717, 1.165) is 4.90 Å². The molecule has 2 aromatic rings. The average Bonchev–Trinajstić information content (AvgIpc) is 2.89. The van der Waals surface area contributed by atoms with E-state index in [2.05, 4.69) is 10.1 Å². The highest BCUT2D eigenvalue weighted by Gasteiger charge is 2.27. The van der Waals surface area contributed by atoms with Crippen molar-refractivity contribution in [1.29, 1.82) is 5.26 Å². The van der Waals surface area contributed by atoms with Crippen LogP contribution in [-0.4, -0.2) is 49.6 Å². The van der Waals surface area contributed by atoms with E-state index in [1.54, 1.807) is 6.92 Å². The van der Waals surface area contributed by atoms with Crippen LogP contribution in [-0.2, 0) is 4.79 Å². The van der Waals surface area contributed by atoms with Crippen LogP contribution in [0.15, 0.2) is 18.6 Å². The summed E-state index contributed by atoms with van der Waals surface area (Å²) in [5.41, 5.74) is 0.794. The normalized spacial score (nSPS) is 11.9. The second kappa shape index (κ2) is 5.58. The van der Waals surface area contributed by atoms with Gasteiger partial charge in [0, 0.05) is 13.2 Å². The third-order valence-corrected chi connectivity index (χ3v) is 3.18. The van der Waals surface area contributed by atoms with E-state index in [1.165, 1.54) is 30.2 Å². The van der Waals surface area contributed by atoms with Crippen LogP contribution in [0.25, 0.3) is 5.65 Å². The summed E-state index contributed by atoms with van der Waals surface area (Å²) < 4.78 is 1.32. The number of carbonyl (C=O) groups is 2. The van der Waals surface area contributed by atoms with Gasteiger partial charge in [-0.2, -0.15) is 10.4 Å². The summed E-state index contributed by atoms with van der Waals surface area (Å²) in [6.45, 7) is 1.69.